The van der Waals surface area contributed by atoms with E-state index in [1.54, 1.807) is 6.92 Å². The SMILES string of the molecule is Cc1csc(NC(=O)CCc2c(C)nc3nc[nH]n3c2=O)n1. The molecule has 0 atom stereocenters. The summed E-state index contributed by atoms with van der Waals surface area (Å²) in [5.41, 5.74) is 1.74. The van der Waals surface area contributed by atoms with Crippen molar-refractivity contribution in [1.29, 1.82) is 0 Å². The van der Waals surface area contributed by atoms with Crippen molar-refractivity contribution >= 4 is 28.2 Å². The van der Waals surface area contributed by atoms with Gasteiger partial charge in [0, 0.05) is 17.4 Å². The highest BCUT2D eigenvalue weighted by atomic mass is 32.1. The molecule has 3 heterocycles. The summed E-state index contributed by atoms with van der Waals surface area (Å²) in [4.78, 5) is 36.6. The van der Waals surface area contributed by atoms with Crippen molar-refractivity contribution in [2.24, 2.45) is 0 Å². The molecule has 8 nitrogen and oxygen atoms in total. The number of aromatic nitrogens is 5. The van der Waals surface area contributed by atoms with Gasteiger partial charge in [-0.15, -0.1) is 11.3 Å². The van der Waals surface area contributed by atoms with Crippen LogP contribution in [0.3, 0.4) is 0 Å². The van der Waals surface area contributed by atoms with Crippen LogP contribution in [0.4, 0.5) is 5.13 Å². The number of anilines is 1. The second-order valence-corrected chi connectivity index (χ2v) is 5.70. The third kappa shape index (κ3) is 2.75. The molecule has 0 spiro atoms. The first-order valence-corrected chi connectivity index (χ1v) is 7.56. The number of aryl methyl sites for hydroxylation is 2. The van der Waals surface area contributed by atoms with Gasteiger partial charge in [-0.1, -0.05) is 0 Å². The lowest BCUT2D eigenvalue weighted by Crippen LogP contribution is -2.23. The molecule has 114 valence electrons. The minimum absolute atomic E-state index is 0.178. The van der Waals surface area contributed by atoms with Gasteiger partial charge < -0.3 is 5.32 Å². The van der Waals surface area contributed by atoms with Gasteiger partial charge in [-0.05, 0) is 20.3 Å². The fraction of sp³-hybridized carbons (Fsp3) is 0.308. The summed E-state index contributed by atoms with van der Waals surface area (Å²) in [6, 6.07) is 0. The van der Waals surface area contributed by atoms with Crippen LogP contribution in [0.15, 0.2) is 16.5 Å². The number of nitrogens with one attached hydrogen (secondary N) is 2. The number of amides is 1. The topological polar surface area (TPSA) is 105 Å². The van der Waals surface area contributed by atoms with E-state index < -0.39 is 0 Å². The first-order chi connectivity index (χ1) is 10.5. The Hall–Kier alpha value is -2.55. The number of thiazole rings is 1. The van der Waals surface area contributed by atoms with Crippen LogP contribution in [-0.4, -0.2) is 30.5 Å². The molecule has 0 aliphatic carbocycles. The van der Waals surface area contributed by atoms with E-state index in [1.807, 2.05) is 12.3 Å². The lowest BCUT2D eigenvalue weighted by atomic mass is 10.1. The third-order valence-corrected chi connectivity index (χ3v) is 4.08. The highest BCUT2D eigenvalue weighted by molar-refractivity contribution is 7.13. The Balaban J connectivity index is 1.73. The second-order valence-electron chi connectivity index (χ2n) is 4.85. The maximum absolute atomic E-state index is 12.3. The minimum atomic E-state index is -0.224. The number of carbonyl (C=O) groups excluding carboxylic acids is 1. The Kier molecular flexibility index (Phi) is 3.72. The van der Waals surface area contributed by atoms with E-state index in [1.165, 1.54) is 22.2 Å². The molecule has 0 aliphatic heterocycles. The van der Waals surface area contributed by atoms with Gasteiger partial charge in [-0.2, -0.15) is 4.52 Å². The van der Waals surface area contributed by atoms with Crippen molar-refractivity contribution in [1.82, 2.24) is 24.6 Å². The highest BCUT2D eigenvalue weighted by Gasteiger charge is 2.13. The van der Waals surface area contributed by atoms with Crippen LogP contribution < -0.4 is 10.9 Å². The van der Waals surface area contributed by atoms with Crippen LogP contribution >= 0.6 is 11.3 Å². The van der Waals surface area contributed by atoms with Gasteiger partial charge in [0.15, 0.2) is 5.13 Å². The number of nitrogens with zero attached hydrogens (tertiary/aromatic N) is 4. The predicted molar refractivity (Wildman–Crippen MR) is 82.1 cm³/mol. The van der Waals surface area contributed by atoms with Crippen LogP contribution in [0.25, 0.3) is 5.78 Å². The Bertz CT molecular complexity index is 893. The molecule has 0 unspecified atom stereocenters. The maximum Gasteiger partial charge on any atom is 0.277 e. The molecule has 9 heteroatoms. The molecule has 22 heavy (non-hydrogen) atoms. The molecule has 0 aromatic carbocycles. The number of aromatic amines is 1. The smallest absolute Gasteiger partial charge is 0.277 e. The average molecular weight is 318 g/mol. The summed E-state index contributed by atoms with van der Waals surface area (Å²) in [6.07, 6.45) is 1.91. The summed E-state index contributed by atoms with van der Waals surface area (Å²) >= 11 is 1.37. The molecule has 0 aliphatic rings. The molecule has 1 amide bonds. The molecule has 2 N–H and O–H groups in total. The van der Waals surface area contributed by atoms with Crippen LogP contribution in [0, 0.1) is 13.8 Å². The van der Waals surface area contributed by atoms with Gasteiger partial charge in [-0.25, -0.2) is 15.0 Å². The summed E-state index contributed by atoms with van der Waals surface area (Å²) in [5, 5.41) is 7.86. The fourth-order valence-electron chi connectivity index (χ4n) is 2.11. The van der Waals surface area contributed by atoms with Crippen molar-refractivity contribution in [2.75, 3.05) is 5.32 Å². The van der Waals surface area contributed by atoms with Crippen molar-refractivity contribution < 1.29 is 4.79 Å². The predicted octanol–water partition coefficient (Wildman–Crippen LogP) is 1.06. The van der Waals surface area contributed by atoms with Gasteiger partial charge >= 0.3 is 0 Å². The zero-order valence-electron chi connectivity index (χ0n) is 12.1. The van der Waals surface area contributed by atoms with E-state index in [4.69, 9.17) is 0 Å². The molecule has 0 radical (unpaired) electrons. The minimum Gasteiger partial charge on any atom is -0.302 e. The van der Waals surface area contributed by atoms with Crippen LogP contribution in [0.1, 0.15) is 23.4 Å². The zero-order valence-corrected chi connectivity index (χ0v) is 12.9. The third-order valence-electron chi connectivity index (χ3n) is 3.20. The van der Waals surface area contributed by atoms with Crippen molar-refractivity contribution in [3.05, 3.63) is 39.0 Å². The lowest BCUT2D eigenvalue weighted by Gasteiger charge is -2.05. The Labute approximate surface area is 129 Å². The summed E-state index contributed by atoms with van der Waals surface area (Å²) in [7, 11) is 0. The molecule has 0 saturated carbocycles. The fourth-order valence-corrected chi connectivity index (χ4v) is 2.82. The monoisotopic (exact) mass is 318 g/mol. The molecule has 3 aromatic rings. The van der Waals surface area contributed by atoms with Gasteiger partial charge in [0.2, 0.25) is 5.91 Å². The number of fused-ring (bicyclic) bond motifs is 1. The van der Waals surface area contributed by atoms with Crippen LogP contribution in [0.5, 0.6) is 0 Å². The summed E-state index contributed by atoms with van der Waals surface area (Å²) < 4.78 is 1.27. The average Bonchev–Trinajstić information content (AvgIpc) is 3.07. The van der Waals surface area contributed by atoms with E-state index in [0.29, 0.717) is 28.6 Å². The number of hydrogen-bond acceptors (Lipinski definition) is 6. The van der Waals surface area contributed by atoms with Crippen molar-refractivity contribution in [3.63, 3.8) is 0 Å². The second kappa shape index (κ2) is 5.68. The Morgan fingerprint density at radius 3 is 2.95 bits per heavy atom. The van der Waals surface area contributed by atoms with Crippen LogP contribution in [0.2, 0.25) is 0 Å². The van der Waals surface area contributed by atoms with Crippen LogP contribution in [-0.2, 0) is 11.2 Å². The zero-order chi connectivity index (χ0) is 15.7. The van der Waals surface area contributed by atoms with Gasteiger partial charge in [0.25, 0.3) is 11.3 Å². The summed E-state index contributed by atoms with van der Waals surface area (Å²) in [6.45, 7) is 3.61. The standard InChI is InChI=1S/C13H14N6O2S/c1-7-5-22-13(16-7)18-10(20)4-3-9-8(2)17-12-14-6-15-19(12)11(9)21/h5-6H,3-4H2,1-2H3,(H,14,15,17)(H,16,18,20). The number of hydrogen-bond donors (Lipinski definition) is 2. The molecule has 0 fully saturated rings. The molecule has 3 aromatic heterocycles. The van der Waals surface area contributed by atoms with Crippen molar-refractivity contribution in [3.8, 4) is 0 Å². The van der Waals surface area contributed by atoms with Crippen molar-refractivity contribution in [2.45, 2.75) is 26.7 Å². The Morgan fingerprint density at radius 2 is 2.23 bits per heavy atom. The highest BCUT2D eigenvalue weighted by Crippen LogP contribution is 2.15. The molecule has 0 saturated heterocycles. The quantitative estimate of drug-likeness (QED) is 0.748. The van der Waals surface area contributed by atoms with E-state index in [0.717, 1.165) is 5.69 Å². The largest absolute Gasteiger partial charge is 0.302 e. The van der Waals surface area contributed by atoms with E-state index >= 15 is 0 Å². The van der Waals surface area contributed by atoms with E-state index in [-0.39, 0.29) is 17.9 Å². The number of rotatable bonds is 4. The maximum atomic E-state index is 12.3. The first kappa shape index (κ1) is 14.4. The lowest BCUT2D eigenvalue weighted by molar-refractivity contribution is -0.116. The normalized spacial score (nSPS) is 11.0. The first-order valence-electron chi connectivity index (χ1n) is 6.68. The molecular formula is C13H14N6O2S. The molecule has 0 bridgehead atoms. The van der Waals surface area contributed by atoms with E-state index in [2.05, 4.69) is 25.4 Å². The van der Waals surface area contributed by atoms with Gasteiger partial charge in [0.1, 0.15) is 6.33 Å². The Morgan fingerprint density at radius 1 is 1.41 bits per heavy atom. The van der Waals surface area contributed by atoms with Gasteiger partial charge in [0.05, 0.1) is 11.4 Å². The molecule has 3 rings (SSSR count). The van der Waals surface area contributed by atoms with E-state index in [9.17, 15) is 9.59 Å². The number of carbonyl (C=O) groups is 1. The number of H-pyrrole nitrogens is 1. The summed E-state index contributed by atoms with van der Waals surface area (Å²) in [5.74, 6) is 0.150. The molecular weight excluding hydrogens is 304 g/mol. The van der Waals surface area contributed by atoms with Gasteiger partial charge in [-0.3, -0.25) is 14.7 Å².